The van der Waals surface area contributed by atoms with Crippen LogP contribution in [0.15, 0.2) is 18.2 Å². The number of hydrogen-bond acceptors (Lipinski definition) is 2. The summed E-state index contributed by atoms with van der Waals surface area (Å²) in [4.78, 5) is 0. The van der Waals surface area contributed by atoms with Crippen LogP contribution in [0.3, 0.4) is 0 Å². The Labute approximate surface area is 98.9 Å². The minimum atomic E-state index is -0.169. The monoisotopic (exact) mass is 234 g/mol. The standard InChI is InChI=1S/C13H15FN2O/c1-16-11-4-2-3-10(14)13(11)9-5-8(7-17)15-6-12(9)16/h2-4,8,15,17H,5-7H2,1H3. The van der Waals surface area contributed by atoms with Gasteiger partial charge in [-0.15, -0.1) is 0 Å². The number of aliphatic hydroxyl groups is 1. The van der Waals surface area contributed by atoms with Crippen LogP contribution in [0.4, 0.5) is 4.39 Å². The molecular formula is C13H15FN2O. The molecule has 90 valence electrons. The van der Waals surface area contributed by atoms with Gasteiger partial charge in [-0.3, -0.25) is 0 Å². The van der Waals surface area contributed by atoms with Gasteiger partial charge < -0.3 is 15.0 Å². The molecule has 1 unspecified atom stereocenters. The van der Waals surface area contributed by atoms with Gasteiger partial charge in [-0.2, -0.15) is 0 Å². The first-order valence-electron chi connectivity index (χ1n) is 5.81. The molecule has 2 heterocycles. The van der Waals surface area contributed by atoms with Crippen LogP contribution in [0.25, 0.3) is 10.9 Å². The van der Waals surface area contributed by atoms with Gasteiger partial charge in [-0.1, -0.05) is 6.07 Å². The van der Waals surface area contributed by atoms with Crippen molar-refractivity contribution in [1.29, 1.82) is 0 Å². The third kappa shape index (κ3) is 1.48. The maximum atomic E-state index is 13.9. The zero-order valence-electron chi connectivity index (χ0n) is 9.70. The lowest BCUT2D eigenvalue weighted by Crippen LogP contribution is -2.38. The highest BCUT2D eigenvalue weighted by molar-refractivity contribution is 5.86. The van der Waals surface area contributed by atoms with Crippen molar-refractivity contribution in [2.24, 2.45) is 7.05 Å². The lowest BCUT2D eigenvalue weighted by molar-refractivity contribution is 0.235. The second kappa shape index (κ2) is 3.82. The first kappa shape index (κ1) is 10.7. The van der Waals surface area contributed by atoms with E-state index in [1.165, 1.54) is 6.07 Å². The van der Waals surface area contributed by atoms with Gasteiger partial charge in [0.2, 0.25) is 0 Å². The molecule has 1 aliphatic heterocycles. The van der Waals surface area contributed by atoms with Crippen LogP contribution in [0, 0.1) is 5.82 Å². The van der Waals surface area contributed by atoms with Crippen molar-refractivity contribution in [3.05, 3.63) is 35.3 Å². The van der Waals surface area contributed by atoms with Gasteiger partial charge in [0, 0.05) is 30.7 Å². The summed E-state index contributed by atoms with van der Waals surface area (Å²) < 4.78 is 16.0. The molecule has 0 spiro atoms. The largest absolute Gasteiger partial charge is 0.395 e. The smallest absolute Gasteiger partial charge is 0.132 e. The van der Waals surface area contributed by atoms with Gasteiger partial charge in [0.15, 0.2) is 0 Å². The number of rotatable bonds is 1. The van der Waals surface area contributed by atoms with Crippen molar-refractivity contribution in [2.75, 3.05) is 6.61 Å². The van der Waals surface area contributed by atoms with E-state index < -0.39 is 0 Å². The number of hydrogen-bond donors (Lipinski definition) is 2. The molecule has 17 heavy (non-hydrogen) atoms. The van der Waals surface area contributed by atoms with E-state index in [9.17, 15) is 9.50 Å². The summed E-state index contributed by atoms with van der Waals surface area (Å²) in [5, 5.41) is 13.2. The van der Waals surface area contributed by atoms with Gasteiger partial charge in [-0.05, 0) is 24.1 Å². The Kier molecular flexibility index (Phi) is 2.42. The summed E-state index contributed by atoms with van der Waals surface area (Å²) in [5.41, 5.74) is 3.09. The Balaban J connectivity index is 2.27. The zero-order valence-corrected chi connectivity index (χ0v) is 9.70. The van der Waals surface area contributed by atoms with Crippen LogP contribution in [0.2, 0.25) is 0 Å². The van der Waals surface area contributed by atoms with Gasteiger partial charge >= 0.3 is 0 Å². The predicted molar refractivity (Wildman–Crippen MR) is 64.3 cm³/mol. The molecule has 0 amide bonds. The molecule has 1 atom stereocenters. The lowest BCUT2D eigenvalue weighted by atomic mass is 9.99. The van der Waals surface area contributed by atoms with Crippen LogP contribution in [0.5, 0.6) is 0 Å². The number of nitrogens with one attached hydrogen (secondary N) is 1. The van der Waals surface area contributed by atoms with Crippen molar-refractivity contribution in [1.82, 2.24) is 9.88 Å². The molecule has 0 radical (unpaired) electrons. The maximum absolute atomic E-state index is 13.9. The first-order chi connectivity index (χ1) is 8.22. The molecule has 3 nitrogen and oxygen atoms in total. The molecule has 0 saturated carbocycles. The summed E-state index contributed by atoms with van der Waals surface area (Å²) in [7, 11) is 1.96. The van der Waals surface area contributed by atoms with Gasteiger partial charge in [0.1, 0.15) is 5.82 Å². The fraction of sp³-hybridized carbons (Fsp3) is 0.385. The Morgan fingerprint density at radius 3 is 3.12 bits per heavy atom. The van der Waals surface area contributed by atoms with E-state index in [-0.39, 0.29) is 18.5 Å². The third-order valence-electron chi connectivity index (χ3n) is 3.64. The van der Waals surface area contributed by atoms with Crippen molar-refractivity contribution < 1.29 is 9.50 Å². The van der Waals surface area contributed by atoms with E-state index in [1.54, 1.807) is 6.07 Å². The fourth-order valence-electron chi connectivity index (χ4n) is 2.72. The molecule has 2 N–H and O–H groups in total. The quantitative estimate of drug-likeness (QED) is 0.781. The zero-order chi connectivity index (χ0) is 12.0. The van der Waals surface area contributed by atoms with E-state index in [4.69, 9.17) is 0 Å². The van der Waals surface area contributed by atoms with E-state index in [0.717, 1.165) is 16.8 Å². The normalized spacial score (nSPS) is 19.6. The van der Waals surface area contributed by atoms with Gasteiger partial charge in [0.25, 0.3) is 0 Å². The first-order valence-corrected chi connectivity index (χ1v) is 5.81. The maximum Gasteiger partial charge on any atom is 0.132 e. The van der Waals surface area contributed by atoms with Crippen LogP contribution in [-0.2, 0) is 20.0 Å². The van der Waals surface area contributed by atoms with E-state index in [0.29, 0.717) is 18.4 Å². The minimum Gasteiger partial charge on any atom is -0.395 e. The molecule has 2 aromatic rings. The molecule has 1 aromatic heterocycles. The van der Waals surface area contributed by atoms with Gasteiger partial charge in [-0.25, -0.2) is 4.39 Å². The second-order valence-electron chi connectivity index (χ2n) is 4.58. The number of fused-ring (bicyclic) bond motifs is 3. The van der Waals surface area contributed by atoms with Crippen LogP contribution in [0.1, 0.15) is 11.3 Å². The number of benzene rings is 1. The molecule has 0 aliphatic carbocycles. The fourth-order valence-corrected chi connectivity index (χ4v) is 2.72. The molecule has 0 saturated heterocycles. The average molecular weight is 234 g/mol. The molecular weight excluding hydrogens is 219 g/mol. The van der Waals surface area contributed by atoms with E-state index >= 15 is 0 Å². The van der Waals surface area contributed by atoms with Gasteiger partial charge in [0.05, 0.1) is 12.1 Å². The average Bonchev–Trinajstić information content (AvgIpc) is 2.64. The topological polar surface area (TPSA) is 37.2 Å². The molecule has 0 bridgehead atoms. The number of aryl methyl sites for hydroxylation is 1. The summed E-state index contributed by atoms with van der Waals surface area (Å²) in [6.07, 6.45) is 0.685. The number of halogens is 1. The lowest BCUT2D eigenvalue weighted by Gasteiger charge is -2.23. The Morgan fingerprint density at radius 1 is 1.53 bits per heavy atom. The number of aromatic nitrogens is 1. The summed E-state index contributed by atoms with van der Waals surface area (Å²) in [5.74, 6) is -0.169. The van der Waals surface area contributed by atoms with Crippen molar-refractivity contribution in [3.63, 3.8) is 0 Å². The summed E-state index contributed by atoms with van der Waals surface area (Å²) >= 11 is 0. The molecule has 1 aliphatic rings. The molecule has 3 rings (SSSR count). The Bertz CT molecular complexity index is 576. The third-order valence-corrected chi connectivity index (χ3v) is 3.64. The number of aliphatic hydroxyl groups excluding tert-OH is 1. The molecule has 0 fully saturated rings. The minimum absolute atomic E-state index is 0.0349. The number of nitrogens with zero attached hydrogens (tertiary/aromatic N) is 1. The van der Waals surface area contributed by atoms with Crippen molar-refractivity contribution in [2.45, 2.75) is 19.0 Å². The Hall–Kier alpha value is -1.39. The molecule has 4 heteroatoms. The molecule has 1 aromatic carbocycles. The van der Waals surface area contributed by atoms with Crippen LogP contribution >= 0.6 is 0 Å². The highest BCUT2D eigenvalue weighted by atomic mass is 19.1. The van der Waals surface area contributed by atoms with E-state index in [2.05, 4.69) is 5.32 Å². The van der Waals surface area contributed by atoms with Crippen molar-refractivity contribution in [3.8, 4) is 0 Å². The van der Waals surface area contributed by atoms with Crippen molar-refractivity contribution >= 4 is 10.9 Å². The SMILES string of the molecule is Cn1c2c(c3c(F)cccc31)CC(CO)NC2. The Morgan fingerprint density at radius 2 is 2.35 bits per heavy atom. The van der Waals surface area contributed by atoms with E-state index in [1.807, 2.05) is 17.7 Å². The highest BCUT2D eigenvalue weighted by Crippen LogP contribution is 2.30. The second-order valence-corrected chi connectivity index (χ2v) is 4.58. The van der Waals surface area contributed by atoms with Crippen LogP contribution in [-0.4, -0.2) is 22.3 Å². The van der Waals surface area contributed by atoms with Crippen LogP contribution < -0.4 is 5.32 Å². The highest BCUT2D eigenvalue weighted by Gasteiger charge is 2.24. The summed E-state index contributed by atoms with van der Waals surface area (Å²) in [6, 6.07) is 5.20. The summed E-state index contributed by atoms with van der Waals surface area (Å²) in [6.45, 7) is 0.773. The predicted octanol–water partition coefficient (Wildman–Crippen LogP) is 1.32.